The van der Waals surface area contributed by atoms with E-state index in [9.17, 15) is 14.0 Å². The Balaban J connectivity index is 2.23. The summed E-state index contributed by atoms with van der Waals surface area (Å²) in [6, 6.07) is 1.70. The first-order valence-corrected chi connectivity index (χ1v) is 7.23. The van der Waals surface area contributed by atoms with Gasteiger partial charge in [0.1, 0.15) is 12.1 Å². The highest BCUT2D eigenvalue weighted by molar-refractivity contribution is 9.10. The first-order chi connectivity index (χ1) is 10.9. The lowest BCUT2D eigenvalue weighted by Gasteiger charge is -2.05. The molecular weight excluding hydrogens is 373 g/mol. The predicted molar refractivity (Wildman–Crippen MR) is 83.3 cm³/mol. The number of pyridine rings is 1. The molecule has 0 spiro atoms. The van der Waals surface area contributed by atoms with E-state index in [1.807, 2.05) is 12.2 Å². The van der Waals surface area contributed by atoms with E-state index in [0.717, 1.165) is 14.7 Å². The molecule has 0 fully saturated rings. The number of hydrogen-bond donors (Lipinski definition) is 2. The van der Waals surface area contributed by atoms with E-state index < -0.39 is 11.8 Å². The second-order valence-corrected chi connectivity index (χ2v) is 5.51. The van der Waals surface area contributed by atoms with Crippen molar-refractivity contribution in [1.82, 2.24) is 24.6 Å². The van der Waals surface area contributed by atoms with Gasteiger partial charge in [0.25, 0.3) is 0 Å². The smallest absolute Gasteiger partial charge is 0.404 e. The highest BCUT2D eigenvalue weighted by Gasteiger charge is 2.11. The number of nitrogens with one attached hydrogen (secondary N) is 1. The molecule has 0 bridgehead atoms. The van der Waals surface area contributed by atoms with Crippen LogP contribution in [-0.2, 0) is 6.54 Å². The third kappa shape index (κ3) is 4.03. The highest BCUT2D eigenvalue weighted by atomic mass is 79.9. The average Bonchev–Trinajstić information content (AvgIpc) is 2.87. The molecule has 0 aliphatic rings. The molecule has 0 unspecified atom stereocenters. The van der Waals surface area contributed by atoms with E-state index in [-0.39, 0.29) is 25.0 Å². The second-order valence-electron chi connectivity index (χ2n) is 4.66. The lowest BCUT2D eigenvalue weighted by Crippen LogP contribution is -2.29. The maximum absolute atomic E-state index is 12.8. The van der Waals surface area contributed by atoms with Gasteiger partial charge in [-0.25, -0.2) is 28.2 Å². The maximum Gasteiger partial charge on any atom is 0.404 e. The van der Waals surface area contributed by atoms with Crippen LogP contribution < -0.4 is 11.0 Å². The van der Waals surface area contributed by atoms with Crippen molar-refractivity contribution in [2.45, 2.75) is 13.5 Å². The number of halogens is 2. The molecule has 0 aliphatic carbocycles. The fourth-order valence-corrected chi connectivity index (χ4v) is 1.99. The number of aromatic nitrogens is 4. The van der Waals surface area contributed by atoms with Crippen molar-refractivity contribution in [2.75, 3.05) is 6.54 Å². The summed E-state index contributed by atoms with van der Waals surface area (Å²) in [4.78, 5) is 26.8. The van der Waals surface area contributed by atoms with Crippen LogP contribution in [-0.4, -0.2) is 37.1 Å². The van der Waals surface area contributed by atoms with E-state index in [1.165, 1.54) is 10.9 Å². The van der Waals surface area contributed by atoms with Crippen molar-refractivity contribution in [3.05, 3.63) is 51.0 Å². The summed E-state index contributed by atoms with van der Waals surface area (Å²) in [7, 11) is 0. The number of nitrogens with zero attached hydrogens (tertiary/aromatic N) is 4. The number of carbonyl (C=O) groups is 1. The average molecular weight is 386 g/mol. The van der Waals surface area contributed by atoms with Gasteiger partial charge in [0, 0.05) is 17.2 Å². The van der Waals surface area contributed by atoms with E-state index in [2.05, 4.69) is 26.0 Å². The van der Waals surface area contributed by atoms with Crippen molar-refractivity contribution in [1.29, 1.82) is 0 Å². The number of hydrogen-bond acceptors (Lipinski definition) is 4. The Morgan fingerprint density at radius 3 is 2.91 bits per heavy atom. The molecule has 122 valence electrons. The van der Waals surface area contributed by atoms with Gasteiger partial charge in [0.15, 0.2) is 0 Å². The van der Waals surface area contributed by atoms with Gasteiger partial charge in [-0.15, -0.1) is 0 Å². The minimum Gasteiger partial charge on any atom is -0.465 e. The number of carboxylic acid groups (broad SMARTS) is 1. The van der Waals surface area contributed by atoms with Crippen LogP contribution in [0.1, 0.15) is 5.56 Å². The summed E-state index contributed by atoms with van der Waals surface area (Å²) in [5.41, 5.74) is 0.457. The molecule has 2 heterocycles. The first-order valence-electron chi connectivity index (χ1n) is 6.44. The van der Waals surface area contributed by atoms with Crippen molar-refractivity contribution in [3.8, 4) is 5.82 Å². The topological polar surface area (TPSA) is 102 Å². The van der Waals surface area contributed by atoms with E-state index in [0.29, 0.717) is 5.82 Å². The Bertz CT molecular complexity index is 814. The lowest BCUT2D eigenvalue weighted by molar-refractivity contribution is 0.195. The minimum absolute atomic E-state index is 0.0692. The van der Waals surface area contributed by atoms with Crippen LogP contribution in [0.2, 0.25) is 0 Å². The van der Waals surface area contributed by atoms with E-state index in [4.69, 9.17) is 5.11 Å². The minimum atomic E-state index is -1.28. The zero-order chi connectivity index (χ0) is 17.0. The van der Waals surface area contributed by atoms with E-state index in [1.54, 1.807) is 12.3 Å². The van der Waals surface area contributed by atoms with Crippen LogP contribution in [0.3, 0.4) is 0 Å². The highest BCUT2D eigenvalue weighted by Crippen LogP contribution is 2.16. The normalized spacial score (nSPS) is 11.5. The molecule has 0 aliphatic heterocycles. The predicted octanol–water partition coefficient (Wildman–Crippen LogP) is 1.62. The molecule has 0 saturated carbocycles. The Morgan fingerprint density at radius 2 is 2.30 bits per heavy atom. The molecule has 2 aromatic heterocycles. The maximum atomic E-state index is 12.8. The van der Waals surface area contributed by atoms with Gasteiger partial charge >= 0.3 is 11.8 Å². The molecule has 8 nitrogen and oxygen atoms in total. The Morgan fingerprint density at radius 1 is 1.57 bits per heavy atom. The quantitative estimate of drug-likeness (QED) is 0.813. The number of rotatable bonds is 5. The van der Waals surface area contributed by atoms with Crippen LogP contribution in [0, 0.1) is 6.92 Å². The molecule has 0 saturated heterocycles. The summed E-state index contributed by atoms with van der Waals surface area (Å²) in [6.45, 7) is 1.45. The van der Waals surface area contributed by atoms with Crippen LogP contribution in [0.15, 0.2) is 39.8 Å². The second kappa shape index (κ2) is 7.18. The summed E-state index contributed by atoms with van der Waals surface area (Å²) in [6.07, 6.45) is 1.82. The van der Waals surface area contributed by atoms with Gasteiger partial charge in [-0.1, -0.05) is 0 Å². The van der Waals surface area contributed by atoms with Crippen LogP contribution in [0.5, 0.6) is 0 Å². The van der Waals surface area contributed by atoms with Gasteiger partial charge in [-0.05, 0) is 40.1 Å². The van der Waals surface area contributed by atoms with Crippen molar-refractivity contribution in [3.63, 3.8) is 0 Å². The largest absolute Gasteiger partial charge is 0.465 e. The Labute approximate surface area is 138 Å². The fourth-order valence-electron chi connectivity index (χ4n) is 1.77. The zero-order valence-corrected chi connectivity index (χ0v) is 13.6. The summed E-state index contributed by atoms with van der Waals surface area (Å²) < 4.78 is 15.8. The molecule has 0 aromatic carbocycles. The van der Waals surface area contributed by atoms with Crippen molar-refractivity contribution in [2.24, 2.45) is 0 Å². The molecule has 2 N–H and O–H groups in total. The Hall–Kier alpha value is -2.49. The van der Waals surface area contributed by atoms with Crippen molar-refractivity contribution < 1.29 is 14.3 Å². The van der Waals surface area contributed by atoms with Gasteiger partial charge in [0.05, 0.1) is 12.9 Å². The molecule has 0 radical (unpaired) electrons. The van der Waals surface area contributed by atoms with Gasteiger partial charge in [0.2, 0.25) is 0 Å². The number of aryl methyl sites for hydroxylation is 1. The third-order valence-corrected chi connectivity index (χ3v) is 3.82. The van der Waals surface area contributed by atoms with Crippen LogP contribution in [0.4, 0.5) is 9.18 Å². The standard InChI is InChI=1S/C13H13BrFN5O3/c1-8-2-11(16-5-10(8)14)19-7-18-20(13(19)23)6-9(3-15)4-17-12(21)22/h2-3,5,7,17H,4,6H2,1H3,(H,21,22)/b9-3-. The van der Waals surface area contributed by atoms with Gasteiger partial charge in [-0.3, -0.25) is 0 Å². The van der Waals surface area contributed by atoms with Gasteiger partial charge in [-0.2, -0.15) is 5.10 Å². The third-order valence-electron chi connectivity index (χ3n) is 2.99. The number of amides is 1. The molecule has 2 rings (SSSR count). The summed E-state index contributed by atoms with van der Waals surface area (Å²) in [5.74, 6) is 0.386. The summed E-state index contributed by atoms with van der Waals surface area (Å²) >= 11 is 3.32. The first kappa shape index (κ1) is 16.9. The Kier molecular flexibility index (Phi) is 5.27. The molecule has 10 heteroatoms. The summed E-state index contributed by atoms with van der Waals surface area (Å²) in [5, 5.41) is 14.4. The lowest BCUT2D eigenvalue weighted by atomic mass is 10.3. The van der Waals surface area contributed by atoms with Crippen LogP contribution >= 0.6 is 15.9 Å². The van der Waals surface area contributed by atoms with Crippen molar-refractivity contribution >= 4 is 22.0 Å². The van der Waals surface area contributed by atoms with Gasteiger partial charge < -0.3 is 10.4 Å². The molecular formula is C13H13BrFN5O3. The van der Waals surface area contributed by atoms with E-state index >= 15 is 0 Å². The molecule has 0 atom stereocenters. The molecule has 1 amide bonds. The molecule has 2 aromatic rings. The monoisotopic (exact) mass is 385 g/mol. The SMILES string of the molecule is Cc1cc(-n2cnn(C/C(=C\F)CNC(=O)O)c2=O)ncc1Br. The zero-order valence-electron chi connectivity index (χ0n) is 12.0. The molecule has 23 heavy (non-hydrogen) atoms. The van der Waals surface area contributed by atoms with Crippen LogP contribution in [0.25, 0.3) is 5.82 Å². The fraction of sp³-hybridized carbons (Fsp3) is 0.231.